The topological polar surface area (TPSA) is 58.4 Å². The number of carbonyl (C=O) groups is 1. The van der Waals surface area contributed by atoms with Gasteiger partial charge in [-0.15, -0.1) is 0 Å². The van der Waals surface area contributed by atoms with E-state index in [0.717, 1.165) is 10.8 Å². The molecule has 1 fully saturated rings. The van der Waals surface area contributed by atoms with Crippen LogP contribution in [0.3, 0.4) is 0 Å². The van der Waals surface area contributed by atoms with Crippen LogP contribution in [0.2, 0.25) is 5.02 Å². The van der Waals surface area contributed by atoms with Gasteiger partial charge in [-0.05, 0) is 35.0 Å². The lowest BCUT2D eigenvalue weighted by Crippen LogP contribution is -2.49. The first-order valence-electron chi connectivity index (χ1n) is 10.5. The minimum Gasteiger partial charge on any atom is -0.365 e. The molecule has 5 rings (SSSR count). The fourth-order valence-corrected chi connectivity index (χ4v) is 4.30. The van der Waals surface area contributed by atoms with Gasteiger partial charge < -0.3 is 9.80 Å². The SMILES string of the molecule is O=C(c1ccc2ccccc2c1)N1CCN(c2cnn(-c3ccccc3)c(=O)c2Cl)CC1. The van der Waals surface area contributed by atoms with Gasteiger partial charge in [0.25, 0.3) is 11.5 Å². The monoisotopic (exact) mass is 444 g/mol. The number of halogens is 1. The van der Waals surface area contributed by atoms with Crippen molar-refractivity contribution < 1.29 is 4.79 Å². The highest BCUT2D eigenvalue weighted by molar-refractivity contribution is 6.33. The lowest BCUT2D eigenvalue weighted by atomic mass is 10.1. The molecule has 1 saturated heterocycles. The highest BCUT2D eigenvalue weighted by Crippen LogP contribution is 2.24. The first kappa shape index (κ1) is 20.3. The summed E-state index contributed by atoms with van der Waals surface area (Å²) in [5.41, 5.74) is 1.59. The largest absolute Gasteiger partial charge is 0.365 e. The van der Waals surface area contributed by atoms with Crippen molar-refractivity contribution in [1.29, 1.82) is 0 Å². The lowest BCUT2D eigenvalue weighted by molar-refractivity contribution is 0.0747. The molecular weight excluding hydrogens is 424 g/mol. The number of nitrogens with zero attached hydrogens (tertiary/aromatic N) is 4. The van der Waals surface area contributed by atoms with Crippen LogP contribution in [0.25, 0.3) is 16.5 Å². The van der Waals surface area contributed by atoms with Crippen LogP contribution >= 0.6 is 11.6 Å². The van der Waals surface area contributed by atoms with Crippen LogP contribution in [-0.4, -0.2) is 46.8 Å². The van der Waals surface area contributed by atoms with Crippen LogP contribution in [0.1, 0.15) is 10.4 Å². The Morgan fingerprint density at radius 3 is 2.28 bits per heavy atom. The van der Waals surface area contributed by atoms with E-state index in [2.05, 4.69) is 5.10 Å². The van der Waals surface area contributed by atoms with Crippen LogP contribution in [-0.2, 0) is 0 Å². The molecule has 1 aliphatic heterocycles. The van der Waals surface area contributed by atoms with Gasteiger partial charge in [-0.3, -0.25) is 9.59 Å². The van der Waals surface area contributed by atoms with Gasteiger partial charge >= 0.3 is 0 Å². The lowest BCUT2D eigenvalue weighted by Gasteiger charge is -2.36. The number of piperazine rings is 1. The van der Waals surface area contributed by atoms with Crippen molar-refractivity contribution in [2.45, 2.75) is 0 Å². The summed E-state index contributed by atoms with van der Waals surface area (Å²) in [4.78, 5) is 29.7. The van der Waals surface area contributed by atoms with E-state index in [-0.39, 0.29) is 16.5 Å². The first-order valence-corrected chi connectivity index (χ1v) is 10.9. The molecular formula is C25H21ClN4O2. The summed E-state index contributed by atoms with van der Waals surface area (Å²) < 4.78 is 1.30. The van der Waals surface area contributed by atoms with Crippen molar-refractivity contribution in [1.82, 2.24) is 14.7 Å². The maximum Gasteiger partial charge on any atom is 0.292 e. The second-order valence-corrected chi connectivity index (χ2v) is 8.12. The predicted molar refractivity (Wildman–Crippen MR) is 127 cm³/mol. The maximum absolute atomic E-state index is 13.0. The second-order valence-electron chi connectivity index (χ2n) is 7.74. The molecule has 6 nitrogen and oxygen atoms in total. The predicted octanol–water partition coefficient (Wildman–Crippen LogP) is 4.00. The van der Waals surface area contributed by atoms with Gasteiger partial charge in [0.1, 0.15) is 5.02 Å². The molecule has 0 bridgehead atoms. The van der Waals surface area contributed by atoms with Crippen molar-refractivity contribution >= 4 is 34.0 Å². The zero-order chi connectivity index (χ0) is 22.1. The van der Waals surface area contributed by atoms with Crippen molar-refractivity contribution in [3.05, 3.63) is 99.9 Å². The van der Waals surface area contributed by atoms with Crippen LogP contribution in [0, 0.1) is 0 Å². The number of fused-ring (bicyclic) bond motifs is 1. The number of aromatic nitrogens is 2. The number of para-hydroxylation sites is 1. The molecule has 0 N–H and O–H groups in total. The van der Waals surface area contributed by atoms with Crippen molar-refractivity contribution in [3.8, 4) is 5.69 Å². The first-order chi connectivity index (χ1) is 15.6. The van der Waals surface area contributed by atoms with Crippen molar-refractivity contribution in [2.24, 2.45) is 0 Å². The Kier molecular flexibility index (Phi) is 5.37. The van der Waals surface area contributed by atoms with Gasteiger partial charge in [-0.1, -0.05) is 60.1 Å². The number of anilines is 1. The summed E-state index contributed by atoms with van der Waals surface area (Å²) in [5.74, 6) is 0.0131. The summed E-state index contributed by atoms with van der Waals surface area (Å²) in [7, 11) is 0. The van der Waals surface area contributed by atoms with E-state index < -0.39 is 0 Å². The van der Waals surface area contributed by atoms with E-state index in [0.29, 0.717) is 43.1 Å². The average molecular weight is 445 g/mol. The van der Waals surface area contributed by atoms with Gasteiger partial charge in [0, 0.05) is 31.7 Å². The Morgan fingerprint density at radius 1 is 0.844 bits per heavy atom. The summed E-state index contributed by atoms with van der Waals surface area (Å²) in [5, 5.41) is 6.61. The van der Waals surface area contributed by atoms with E-state index in [1.165, 1.54) is 4.68 Å². The zero-order valence-electron chi connectivity index (χ0n) is 17.3. The van der Waals surface area contributed by atoms with Crippen LogP contribution in [0.4, 0.5) is 5.69 Å². The molecule has 0 unspecified atom stereocenters. The molecule has 0 spiro atoms. The molecule has 3 aromatic carbocycles. The highest BCUT2D eigenvalue weighted by Gasteiger charge is 2.25. The standard InChI is InChI=1S/C25H21ClN4O2/c26-23-22(17-27-30(25(23)32)21-8-2-1-3-9-21)28-12-14-29(15-13-28)24(31)20-11-10-18-6-4-5-7-19(18)16-20/h1-11,16-17H,12-15H2. The zero-order valence-corrected chi connectivity index (χ0v) is 18.1. The minimum absolute atomic E-state index is 0.0131. The Bertz CT molecular complexity index is 1350. The molecule has 1 aliphatic rings. The Morgan fingerprint density at radius 2 is 1.53 bits per heavy atom. The summed E-state index contributed by atoms with van der Waals surface area (Å²) in [6.45, 7) is 2.25. The molecule has 7 heteroatoms. The third-order valence-electron chi connectivity index (χ3n) is 5.81. The number of hydrogen-bond acceptors (Lipinski definition) is 4. The molecule has 32 heavy (non-hydrogen) atoms. The summed E-state index contributed by atoms with van der Waals surface area (Å²) in [6, 6.07) is 23.0. The molecule has 160 valence electrons. The average Bonchev–Trinajstić information content (AvgIpc) is 2.85. The van der Waals surface area contributed by atoms with E-state index >= 15 is 0 Å². The second kappa shape index (κ2) is 8.48. The molecule has 1 amide bonds. The quantitative estimate of drug-likeness (QED) is 0.479. The Labute approximate surface area is 190 Å². The van der Waals surface area contributed by atoms with E-state index in [1.54, 1.807) is 6.20 Å². The van der Waals surface area contributed by atoms with Crippen LogP contribution in [0.5, 0.6) is 0 Å². The van der Waals surface area contributed by atoms with Crippen LogP contribution < -0.4 is 10.5 Å². The molecule has 0 aliphatic carbocycles. The van der Waals surface area contributed by atoms with E-state index in [4.69, 9.17) is 11.6 Å². The van der Waals surface area contributed by atoms with Crippen molar-refractivity contribution in [3.63, 3.8) is 0 Å². The number of hydrogen-bond donors (Lipinski definition) is 0. The van der Waals surface area contributed by atoms with Gasteiger partial charge in [-0.25, -0.2) is 0 Å². The summed E-state index contributed by atoms with van der Waals surface area (Å²) in [6.07, 6.45) is 1.62. The van der Waals surface area contributed by atoms with E-state index in [9.17, 15) is 9.59 Å². The number of benzene rings is 3. The normalized spacial score (nSPS) is 14.0. The number of carbonyl (C=O) groups excluding carboxylic acids is 1. The molecule has 0 radical (unpaired) electrons. The summed E-state index contributed by atoms with van der Waals surface area (Å²) >= 11 is 6.44. The van der Waals surface area contributed by atoms with Crippen molar-refractivity contribution in [2.75, 3.05) is 31.1 Å². The van der Waals surface area contributed by atoms with Crippen LogP contribution in [0.15, 0.2) is 83.8 Å². The fraction of sp³-hybridized carbons (Fsp3) is 0.160. The van der Waals surface area contributed by atoms with Gasteiger partial charge in [0.15, 0.2) is 0 Å². The molecule has 0 atom stereocenters. The molecule has 4 aromatic rings. The number of rotatable bonds is 3. The molecule has 2 heterocycles. The molecule has 1 aromatic heterocycles. The van der Waals surface area contributed by atoms with Gasteiger partial charge in [0.2, 0.25) is 0 Å². The smallest absolute Gasteiger partial charge is 0.292 e. The molecule has 0 saturated carbocycles. The Balaban J connectivity index is 1.31. The van der Waals surface area contributed by atoms with E-state index in [1.807, 2.05) is 82.6 Å². The van der Waals surface area contributed by atoms with Gasteiger partial charge in [-0.2, -0.15) is 9.78 Å². The fourth-order valence-electron chi connectivity index (χ4n) is 4.05. The third kappa shape index (κ3) is 3.74. The maximum atomic E-state index is 13.0. The van der Waals surface area contributed by atoms with Gasteiger partial charge in [0.05, 0.1) is 17.6 Å². The highest BCUT2D eigenvalue weighted by atomic mass is 35.5. The minimum atomic E-state index is -0.356. The Hall–Kier alpha value is -3.64. The third-order valence-corrected chi connectivity index (χ3v) is 6.16. The number of amides is 1.